The van der Waals surface area contributed by atoms with Crippen molar-refractivity contribution in [2.24, 2.45) is 4.99 Å². The molecule has 0 spiro atoms. The Morgan fingerprint density at radius 1 is 1.19 bits per heavy atom. The Hall–Kier alpha value is -1.98. The zero-order valence-electron chi connectivity index (χ0n) is 14.8. The zero-order chi connectivity index (χ0) is 18.1. The average Bonchev–Trinajstić information content (AvgIpc) is 3.06. The molecule has 1 N–H and O–H groups in total. The highest BCUT2D eigenvalue weighted by atomic mass is 79.9. The van der Waals surface area contributed by atoms with Gasteiger partial charge in [-0.15, -0.1) is 0 Å². The molecule has 0 unspecified atom stereocenters. The minimum Gasteiger partial charge on any atom is -0.317 e. The van der Waals surface area contributed by atoms with Crippen molar-refractivity contribution >= 4 is 39.4 Å². The number of anilines is 2. The van der Waals surface area contributed by atoms with Crippen LogP contribution in [0.5, 0.6) is 0 Å². The molecule has 134 valence electrons. The fourth-order valence-electron chi connectivity index (χ4n) is 4.02. The fourth-order valence-corrected chi connectivity index (χ4v) is 4.47. The second-order valence-electron chi connectivity index (χ2n) is 6.85. The highest BCUT2D eigenvalue weighted by Crippen LogP contribution is 2.41. The molecule has 2 aromatic carbocycles. The summed E-state index contributed by atoms with van der Waals surface area (Å²) in [5.74, 6) is 1.57. The van der Waals surface area contributed by atoms with Gasteiger partial charge >= 0.3 is 0 Å². The predicted molar refractivity (Wildman–Crippen MR) is 110 cm³/mol. The van der Waals surface area contributed by atoms with Gasteiger partial charge in [0.2, 0.25) is 0 Å². The molecule has 1 fully saturated rings. The number of halogens is 1. The van der Waals surface area contributed by atoms with Crippen LogP contribution >= 0.6 is 15.9 Å². The van der Waals surface area contributed by atoms with E-state index in [-0.39, 0.29) is 0 Å². The van der Waals surface area contributed by atoms with Gasteiger partial charge in [-0.3, -0.25) is 14.7 Å². The molecule has 2 aliphatic rings. The van der Waals surface area contributed by atoms with Crippen molar-refractivity contribution in [2.75, 3.05) is 25.0 Å². The maximum absolute atomic E-state index is 11.7. The molecule has 1 saturated heterocycles. The van der Waals surface area contributed by atoms with Crippen LogP contribution < -0.4 is 10.2 Å². The van der Waals surface area contributed by atoms with Crippen LogP contribution in [0.15, 0.2) is 45.9 Å². The maximum Gasteiger partial charge on any atom is 0.153 e. The molecule has 2 aliphatic heterocycles. The van der Waals surface area contributed by atoms with Crippen molar-refractivity contribution < 1.29 is 4.79 Å². The van der Waals surface area contributed by atoms with Crippen LogP contribution in [-0.4, -0.2) is 32.3 Å². The van der Waals surface area contributed by atoms with Gasteiger partial charge in [-0.2, -0.15) is 0 Å². The number of hydrogen-bond donors (Lipinski definition) is 1. The van der Waals surface area contributed by atoms with Crippen LogP contribution in [0.25, 0.3) is 0 Å². The molecule has 0 amide bonds. The van der Waals surface area contributed by atoms with Crippen molar-refractivity contribution in [1.82, 2.24) is 5.32 Å². The number of piperidine rings is 1. The second kappa shape index (κ2) is 7.33. The number of benzene rings is 2. The lowest BCUT2D eigenvalue weighted by atomic mass is 9.89. The van der Waals surface area contributed by atoms with Crippen molar-refractivity contribution in [1.29, 1.82) is 0 Å². The largest absolute Gasteiger partial charge is 0.317 e. The van der Waals surface area contributed by atoms with E-state index in [2.05, 4.69) is 49.3 Å². The van der Waals surface area contributed by atoms with Crippen molar-refractivity contribution in [3.63, 3.8) is 0 Å². The van der Waals surface area contributed by atoms with E-state index in [1.807, 2.05) is 25.2 Å². The molecular formula is C21H22BrN3O. The highest BCUT2D eigenvalue weighted by molar-refractivity contribution is 9.10. The summed E-state index contributed by atoms with van der Waals surface area (Å²) in [6, 6.07) is 12.7. The van der Waals surface area contributed by atoms with Gasteiger partial charge in [-0.1, -0.05) is 18.2 Å². The van der Waals surface area contributed by atoms with Gasteiger partial charge in [0.1, 0.15) is 5.84 Å². The normalized spacial score (nSPS) is 19.0. The fraction of sp³-hybridized carbons (Fsp3) is 0.333. The molecule has 4 rings (SSSR count). The lowest BCUT2D eigenvalue weighted by Gasteiger charge is -2.26. The molecular weight excluding hydrogens is 390 g/mol. The van der Waals surface area contributed by atoms with Gasteiger partial charge < -0.3 is 5.32 Å². The SMILES string of the molecule is CN=C1Cc2ccc(C3CCNCC3)cc2N1c1cccc(Br)c1C=O. The smallest absolute Gasteiger partial charge is 0.153 e. The van der Waals surface area contributed by atoms with E-state index in [1.54, 1.807) is 0 Å². The Morgan fingerprint density at radius 2 is 2.00 bits per heavy atom. The molecule has 0 aromatic heterocycles. The van der Waals surface area contributed by atoms with E-state index < -0.39 is 0 Å². The molecule has 4 nitrogen and oxygen atoms in total. The van der Waals surface area contributed by atoms with Gasteiger partial charge in [0.25, 0.3) is 0 Å². The number of aliphatic imine (C=N–C) groups is 1. The lowest BCUT2D eigenvalue weighted by molar-refractivity contribution is 0.112. The third kappa shape index (κ3) is 2.99. The summed E-state index contributed by atoms with van der Waals surface area (Å²) in [6.45, 7) is 2.15. The first-order chi connectivity index (χ1) is 12.7. The van der Waals surface area contributed by atoms with E-state index >= 15 is 0 Å². The first kappa shape index (κ1) is 17.4. The van der Waals surface area contributed by atoms with Crippen molar-refractivity contribution in [3.05, 3.63) is 57.6 Å². The number of nitrogens with one attached hydrogen (secondary N) is 1. The highest BCUT2D eigenvalue weighted by Gasteiger charge is 2.29. The number of fused-ring (bicyclic) bond motifs is 1. The van der Waals surface area contributed by atoms with Crippen molar-refractivity contribution in [3.8, 4) is 0 Å². The Morgan fingerprint density at radius 3 is 2.73 bits per heavy atom. The number of amidine groups is 1. The van der Waals surface area contributed by atoms with Crippen molar-refractivity contribution in [2.45, 2.75) is 25.2 Å². The molecule has 2 aromatic rings. The van der Waals surface area contributed by atoms with Crippen LogP contribution in [0.1, 0.15) is 40.2 Å². The van der Waals surface area contributed by atoms with Gasteiger partial charge in [0.15, 0.2) is 6.29 Å². The Labute approximate surface area is 162 Å². The van der Waals surface area contributed by atoms with E-state index in [9.17, 15) is 4.79 Å². The molecule has 26 heavy (non-hydrogen) atoms. The predicted octanol–water partition coefficient (Wildman–Crippen LogP) is 4.45. The first-order valence-electron chi connectivity index (χ1n) is 9.06. The molecule has 0 atom stereocenters. The second-order valence-corrected chi connectivity index (χ2v) is 7.71. The number of aldehydes is 1. The van der Waals surface area contributed by atoms with E-state index in [0.717, 1.165) is 47.5 Å². The van der Waals surface area contributed by atoms with Gasteiger partial charge in [0.05, 0.1) is 16.9 Å². The van der Waals surface area contributed by atoms with Crippen LogP contribution in [0.4, 0.5) is 11.4 Å². The number of carbonyl (C=O) groups excluding carboxylic acids is 1. The number of rotatable bonds is 3. The molecule has 0 aliphatic carbocycles. The number of hydrogen-bond acceptors (Lipinski definition) is 3. The maximum atomic E-state index is 11.7. The Bertz CT molecular complexity index is 872. The molecule has 2 heterocycles. The van der Waals surface area contributed by atoms with E-state index in [1.165, 1.54) is 24.0 Å². The van der Waals surface area contributed by atoms with E-state index in [0.29, 0.717) is 11.5 Å². The third-order valence-electron chi connectivity index (χ3n) is 5.41. The van der Waals surface area contributed by atoms with Crippen LogP contribution in [-0.2, 0) is 6.42 Å². The third-order valence-corrected chi connectivity index (χ3v) is 6.11. The van der Waals surface area contributed by atoms with E-state index in [4.69, 9.17) is 0 Å². The zero-order valence-corrected chi connectivity index (χ0v) is 16.4. The lowest BCUT2D eigenvalue weighted by Crippen LogP contribution is -2.26. The standard InChI is InChI=1S/C21H22BrN3O/c1-23-21-12-16-6-5-15(14-7-9-24-10-8-14)11-20(16)25(21)19-4-2-3-18(22)17(19)13-26/h2-6,11,13-14,24H,7-10,12H2,1H3. The minimum atomic E-state index is 0.596. The Kier molecular flexibility index (Phi) is 4.92. The number of carbonyl (C=O) groups is 1. The van der Waals surface area contributed by atoms with Crippen LogP contribution in [0, 0.1) is 0 Å². The average molecular weight is 412 g/mol. The minimum absolute atomic E-state index is 0.596. The summed E-state index contributed by atoms with van der Waals surface area (Å²) < 4.78 is 0.809. The van der Waals surface area contributed by atoms with Crippen LogP contribution in [0.2, 0.25) is 0 Å². The molecule has 5 heteroatoms. The first-order valence-corrected chi connectivity index (χ1v) is 9.85. The topological polar surface area (TPSA) is 44.7 Å². The number of nitrogens with zero attached hydrogens (tertiary/aromatic N) is 2. The van der Waals surface area contributed by atoms with Crippen LogP contribution in [0.3, 0.4) is 0 Å². The van der Waals surface area contributed by atoms with Gasteiger partial charge in [-0.25, -0.2) is 0 Å². The quantitative estimate of drug-likeness (QED) is 0.758. The summed E-state index contributed by atoms with van der Waals surface area (Å²) in [5, 5.41) is 3.44. The Balaban J connectivity index is 1.82. The summed E-state index contributed by atoms with van der Waals surface area (Å²) in [6.07, 6.45) is 4.05. The molecule has 0 saturated carbocycles. The summed E-state index contributed by atoms with van der Waals surface area (Å²) in [7, 11) is 1.82. The van der Waals surface area contributed by atoms with Gasteiger partial charge in [-0.05, 0) is 77.1 Å². The summed E-state index contributed by atoms with van der Waals surface area (Å²) >= 11 is 3.51. The summed E-state index contributed by atoms with van der Waals surface area (Å²) in [5.41, 5.74) is 5.35. The van der Waals surface area contributed by atoms with Gasteiger partial charge in [0, 0.05) is 17.9 Å². The summed E-state index contributed by atoms with van der Waals surface area (Å²) in [4.78, 5) is 18.4. The molecule has 0 bridgehead atoms. The molecule has 0 radical (unpaired) electrons. The monoisotopic (exact) mass is 411 g/mol.